The number of nitrogens with zero attached hydrogens (tertiary/aromatic N) is 4. The van der Waals surface area contributed by atoms with E-state index in [4.69, 9.17) is 4.98 Å². The molecule has 0 radical (unpaired) electrons. The van der Waals surface area contributed by atoms with Crippen LogP contribution >= 0.6 is 0 Å². The summed E-state index contributed by atoms with van der Waals surface area (Å²) in [5.41, 5.74) is 3.30. The van der Waals surface area contributed by atoms with Gasteiger partial charge in [-0.1, -0.05) is 30.7 Å². The number of aromatic nitrogens is 4. The molecule has 1 aliphatic rings. The Hall–Kier alpha value is -3.74. The van der Waals surface area contributed by atoms with Crippen LogP contribution in [-0.2, 0) is 26.1 Å². The molecule has 1 N–H and O–H groups in total. The minimum absolute atomic E-state index is 0.00496. The van der Waals surface area contributed by atoms with E-state index < -0.39 is 0 Å². The lowest BCUT2D eigenvalue weighted by atomic mass is 10.1. The summed E-state index contributed by atoms with van der Waals surface area (Å²) >= 11 is 0. The molecule has 32 heavy (non-hydrogen) atoms. The van der Waals surface area contributed by atoms with E-state index in [0.717, 1.165) is 50.2 Å². The number of aryl methyl sites for hydroxylation is 1. The minimum atomic E-state index is -0.175. The van der Waals surface area contributed by atoms with Crippen LogP contribution in [0.3, 0.4) is 0 Å². The maximum Gasteiger partial charge on any atom is 0.261 e. The highest BCUT2D eigenvalue weighted by Gasteiger charge is 2.15. The number of hydrogen-bond acceptors (Lipinski definition) is 4. The zero-order valence-electron chi connectivity index (χ0n) is 17.8. The number of benzene rings is 2. The Morgan fingerprint density at radius 1 is 1.03 bits per heavy atom. The van der Waals surface area contributed by atoms with Crippen molar-refractivity contribution >= 4 is 16.8 Å². The van der Waals surface area contributed by atoms with E-state index in [9.17, 15) is 9.59 Å². The predicted octanol–water partition coefficient (Wildman–Crippen LogP) is 3.30. The van der Waals surface area contributed by atoms with Gasteiger partial charge in [-0.25, -0.2) is 9.97 Å². The molecule has 0 unspecified atom stereocenters. The van der Waals surface area contributed by atoms with E-state index in [1.54, 1.807) is 35.3 Å². The van der Waals surface area contributed by atoms with E-state index >= 15 is 0 Å². The highest BCUT2D eigenvalue weighted by atomic mass is 16.1. The molecule has 3 heterocycles. The first-order valence-corrected chi connectivity index (χ1v) is 11.0. The summed E-state index contributed by atoms with van der Waals surface area (Å²) in [5.74, 6) is 0.652. The number of nitrogens with one attached hydrogen (secondary N) is 1. The molecule has 7 heteroatoms. The summed E-state index contributed by atoms with van der Waals surface area (Å²) in [6.07, 6.45) is 9.44. The van der Waals surface area contributed by atoms with Gasteiger partial charge in [0.1, 0.15) is 5.82 Å². The molecule has 0 atom stereocenters. The Kier molecular flexibility index (Phi) is 5.54. The molecule has 2 aromatic carbocycles. The molecule has 0 aliphatic carbocycles. The average Bonchev–Trinajstić information content (AvgIpc) is 3.21. The van der Waals surface area contributed by atoms with Crippen molar-refractivity contribution in [2.45, 2.75) is 45.3 Å². The first kappa shape index (κ1) is 20.2. The van der Waals surface area contributed by atoms with Crippen molar-refractivity contribution in [2.75, 3.05) is 0 Å². The Morgan fingerprint density at radius 3 is 2.69 bits per heavy atom. The van der Waals surface area contributed by atoms with Crippen molar-refractivity contribution in [3.8, 4) is 0 Å². The van der Waals surface area contributed by atoms with Crippen molar-refractivity contribution in [1.82, 2.24) is 24.4 Å². The molecule has 0 spiro atoms. The highest BCUT2D eigenvalue weighted by Crippen LogP contribution is 2.16. The van der Waals surface area contributed by atoms with Crippen LogP contribution < -0.4 is 10.9 Å². The number of rotatable bonds is 5. The second kappa shape index (κ2) is 8.78. The van der Waals surface area contributed by atoms with Gasteiger partial charge in [0.05, 0.1) is 17.2 Å². The van der Waals surface area contributed by atoms with Crippen molar-refractivity contribution in [1.29, 1.82) is 0 Å². The summed E-state index contributed by atoms with van der Waals surface area (Å²) in [6, 6.07) is 13.3. The van der Waals surface area contributed by atoms with Crippen LogP contribution in [0, 0.1) is 0 Å². The number of carbonyl (C=O) groups excluding carboxylic acids is 1. The Labute approximate surface area is 185 Å². The van der Waals surface area contributed by atoms with Crippen LogP contribution in [0.4, 0.5) is 0 Å². The van der Waals surface area contributed by atoms with Crippen LogP contribution in [0.5, 0.6) is 0 Å². The zero-order valence-corrected chi connectivity index (χ0v) is 17.8. The van der Waals surface area contributed by atoms with Crippen molar-refractivity contribution in [2.24, 2.45) is 0 Å². The van der Waals surface area contributed by atoms with Gasteiger partial charge in [-0.2, -0.15) is 0 Å². The lowest BCUT2D eigenvalue weighted by Crippen LogP contribution is -2.25. The molecule has 0 bridgehead atoms. The zero-order chi connectivity index (χ0) is 21.9. The second-order valence-electron chi connectivity index (χ2n) is 8.26. The second-order valence-corrected chi connectivity index (χ2v) is 8.26. The smallest absolute Gasteiger partial charge is 0.261 e. The van der Waals surface area contributed by atoms with Gasteiger partial charge in [0.25, 0.3) is 11.5 Å². The van der Waals surface area contributed by atoms with E-state index in [1.807, 2.05) is 22.9 Å². The molecule has 1 aliphatic heterocycles. The van der Waals surface area contributed by atoms with E-state index in [2.05, 4.69) is 22.4 Å². The third-order valence-corrected chi connectivity index (χ3v) is 5.98. The highest BCUT2D eigenvalue weighted by molar-refractivity contribution is 5.97. The Balaban J connectivity index is 1.29. The summed E-state index contributed by atoms with van der Waals surface area (Å²) in [6.45, 7) is 1.92. The van der Waals surface area contributed by atoms with E-state index in [1.165, 1.54) is 5.56 Å². The van der Waals surface area contributed by atoms with Gasteiger partial charge < -0.3 is 9.88 Å². The predicted molar refractivity (Wildman–Crippen MR) is 122 cm³/mol. The molecule has 5 rings (SSSR count). The third-order valence-electron chi connectivity index (χ3n) is 5.98. The molecule has 1 amide bonds. The molecule has 0 saturated heterocycles. The molecule has 2 aromatic heterocycles. The van der Waals surface area contributed by atoms with Crippen molar-refractivity contribution in [3.05, 3.63) is 94.1 Å². The summed E-state index contributed by atoms with van der Waals surface area (Å²) in [4.78, 5) is 34.4. The molecular weight excluding hydrogens is 402 g/mol. The Bertz CT molecular complexity index is 1310. The van der Waals surface area contributed by atoms with Crippen molar-refractivity contribution < 1.29 is 4.79 Å². The number of imidazole rings is 1. The van der Waals surface area contributed by atoms with Gasteiger partial charge >= 0.3 is 0 Å². The number of carbonyl (C=O) groups is 1. The number of fused-ring (bicyclic) bond motifs is 2. The van der Waals surface area contributed by atoms with Gasteiger partial charge in [0.2, 0.25) is 0 Å². The van der Waals surface area contributed by atoms with Crippen LogP contribution in [-0.4, -0.2) is 25.0 Å². The van der Waals surface area contributed by atoms with E-state index in [-0.39, 0.29) is 11.5 Å². The molecule has 162 valence electrons. The van der Waals surface area contributed by atoms with Gasteiger partial charge in [-0.15, -0.1) is 0 Å². The fourth-order valence-electron chi connectivity index (χ4n) is 4.20. The van der Waals surface area contributed by atoms with E-state index in [0.29, 0.717) is 23.0 Å². The normalized spacial score (nSPS) is 13.5. The monoisotopic (exact) mass is 427 g/mol. The van der Waals surface area contributed by atoms with Crippen LogP contribution in [0.1, 0.15) is 46.6 Å². The summed E-state index contributed by atoms with van der Waals surface area (Å²) in [7, 11) is 0. The Morgan fingerprint density at radius 2 is 1.88 bits per heavy atom. The fourth-order valence-corrected chi connectivity index (χ4v) is 4.20. The minimum Gasteiger partial charge on any atom is -0.348 e. The average molecular weight is 428 g/mol. The lowest BCUT2D eigenvalue weighted by Gasteiger charge is -2.11. The summed E-state index contributed by atoms with van der Waals surface area (Å²) < 4.78 is 3.81. The van der Waals surface area contributed by atoms with Gasteiger partial charge in [-0.3, -0.25) is 14.2 Å². The quantitative estimate of drug-likeness (QED) is 0.530. The third kappa shape index (κ3) is 4.19. The van der Waals surface area contributed by atoms with Crippen LogP contribution in [0.2, 0.25) is 0 Å². The first-order chi connectivity index (χ1) is 15.7. The van der Waals surface area contributed by atoms with Gasteiger partial charge in [0.15, 0.2) is 0 Å². The summed E-state index contributed by atoms with van der Waals surface area (Å²) in [5, 5.41) is 3.54. The molecule has 0 saturated carbocycles. The van der Waals surface area contributed by atoms with Gasteiger partial charge in [0, 0.05) is 44.0 Å². The SMILES string of the molecule is O=C(NCc1ccc(Cn2ccnc2)cc1)c1ccc2c(=O)n3c(nc2c1)CCCCC3. The largest absolute Gasteiger partial charge is 0.348 e. The van der Waals surface area contributed by atoms with Crippen LogP contribution in [0.15, 0.2) is 66.0 Å². The van der Waals surface area contributed by atoms with Crippen LogP contribution in [0.25, 0.3) is 10.9 Å². The topological polar surface area (TPSA) is 81.8 Å². The van der Waals surface area contributed by atoms with Gasteiger partial charge in [-0.05, 0) is 42.2 Å². The molecule has 4 aromatic rings. The van der Waals surface area contributed by atoms with Crippen molar-refractivity contribution in [3.63, 3.8) is 0 Å². The molecular formula is C25H25N5O2. The maximum absolute atomic E-state index is 12.9. The fraction of sp³-hybridized carbons (Fsp3) is 0.280. The standard InChI is InChI=1S/C25H25N5O2/c31-24(27-15-18-5-7-19(8-6-18)16-29-13-11-26-17-29)20-9-10-21-22(14-20)28-23-4-2-1-3-12-30(23)25(21)32/h5-11,13-14,17H,1-4,12,15-16H2,(H,27,31). The maximum atomic E-state index is 12.9. The number of hydrogen-bond donors (Lipinski definition) is 1. The number of amides is 1. The lowest BCUT2D eigenvalue weighted by molar-refractivity contribution is 0.0951. The molecule has 7 nitrogen and oxygen atoms in total. The molecule has 0 fully saturated rings. The first-order valence-electron chi connectivity index (χ1n) is 11.0.